The molecule has 0 aliphatic rings. The average molecular weight is 391 g/mol. The second-order valence-corrected chi connectivity index (χ2v) is 6.67. The highest BCUT2D eigenvalue weighted by Crippen LogP contribution is 2.33. The van der Waals surface area contributed by atoms with Crippen molar-refractivity contribution in [2.75, 3.05) is 5.73 Å². The van der Waals surface area contributed by atoms with Gasteiger partial charge in [0.1, 0.15) is 0 Å². The van der Waals surface area contributed by atoms with E-state index in [2.05, 4.69) is 37.0 Å². The molecule has 0 aliphatic carbocycles. The molecule has 2 rings (SSSR count). The first-order valence-electron chi connectivity index (χ1n) is 5.35. The van der Waals surface area contributed by atoms with E-state index in [9.17, 15) is 0 Å². The highest BCUT2D eigenvalue weighted by molar-refractivity contribution is 9.10. The summed E-state index contributed by atoms with van der Waals surface area (Å²) in [6, 6.07) is 5.90. The zero-order valence-electron chi connectivity index (χ0n) is 10.1. The molecule has 0 unspecified atom stereocenters. The molecule has 0 bridgehead atoms. The van der Waals surface area contributed by atoms with Gasteiger partial charge in [-0.1, -0.05) is 15.9 Å². The van der Waals surface area contributed by atoms with E-state index in [1.165, 1.54) is 0 Å². The normalized spacial score (nSPS) is 10.9. The van der Waals surface area contributed by atoms with E-state index in [0.29, 0.717) is 0 Å². The molecule has 0 radical (unpaired) electrons. The second kappa shape index (κ2) is 5.67. The largest absolute Gasteiger partial charge is 0.398 e. The van der Waals surface area contributed by atoms with E-state index in [0.717, 1.165) is 36.7 Å². The number of anilines is 1. The van der Waals surface area contributed by atoms with Gasteiger partial charge in [0.2, 0.25) is 0 Å². The maximum absolute atomic E-state index is 5.96. The number of thioether (sulfide) groups is 1. The summed E-state index contributed by atoms with van der Waals surface area (Å²) in [6.45, 7) is 1.99. The number of aryl methyl sites for hydroxylation is 2. The van der Waals surface area contributed by atoms with Gasteiger partial charge in [-0.3, -0.25) is 4.68 Å². The van der Waals surface area contributed by atoms with Crippen molar-refractivity contribution < 1.29 is 0 Å². The average Bonchev–Trinajstić information content (AvgIpc) is 2.55. The van der Waals surface area contributed by atoms with Crippen LogP contribution in [-0.4, -0.2) is 9.78 Å². The Morgan fingerprint density at radius 1 is 1.39 bits per heavy atom. The predicted octanol–water partition coefficient (Wildman–Crippen LogP) is 4.13. The van der Waals surface area contributed by atoms with Crippen molar-refractivity contribution >= 4 is 49.3 Å². The first kappa shape index (κ1) is 14.0. The number of nitrogen functional groups attached to an aromatic ring is 1. The first-order chi connectivity index (χ1) is 8.49. The fraction of sp³-hybridized carbons (Fsp3) is 0.250. The third-order valence-corrected chi connectivity index (χ3v) is 5.21. The SMILES string of the molecule is Cc1nn(C)c(CSc2cc(Br)ccc2N)c1Br. The van der Waals surface area contributed by atoms with Crippen LogP contribution in [0.1, 0.15) is 11.4 Å². The number of hydrogen-bond acceptors (Lipinski definition) is 3. The molecule has 2 aromatic rings. The molecule has 1 aromatic heterocycles. The lowest BCUT2D eigenvalue weighted by Gasteiger charge is -2.07. The van der Waals surface area contributed by atoms with Crippen molar-refractivity contribution in [1.29, 1.82) is 0 Å². The summed E-state index contributed by atoms with van der Waals surface area (Å²) in [5.41, 5.74) is 8.94. The van der Waals surface area contributed by atoms with Crippen molar-refractivity contribution in [3.05, 3.63) is 38.5 Å². The van der Waals surface area contributed by atoms with Crippen molar-refractivity contribution in [3.8, 4) is 0 Å². The van der Waals surface area contributed by atoms with Crippen LogP contribution < -0.4 is 5.73 Å². The van der Waals surface area contributed by atoms with Crippen LogP contribution in [0.2, 0.25) is 0 Å². The lowest BCUT2D eigenvalue weighted by molar-refractivity contribution is 0.727. The summed E-state index contributed by atoms with van der Waals surface area (Å²) in [5, 5.41) is 4.38. The van der Waals surface area contributed by atoms with E-state index in [-0.39, 0.29) is 0 Å². The van der Waals surface area contributed by atoms with Gasteiger partial charge in [-0.2, -0.15) is 5.10 Å². The van der Waals surface area contributed by atoms with Gasteiger partial charge in [-0.25, -0.2) is 0 Å². The van der Waals surface area contributed by atoms with Crippen LogP contribution in [0.15, 0.2) is 32.0 Å². The van der Waals surface area contributed by atoms with Gasteiger partial charge in [0, 0.05) is 27.9 Å². The molecule has 0 atom stereocenters. The third-order valence-electron chi connectivity index (χ3n) is 2.60. The monoisotopic (exact) mass is 389 g/mol. The smallest absolute Gasteiger partial charge is 0.0738 e. The van der Waals surface area contributed by atoms with Gasteiger partial charge >= 0.3 is 0 Å². The van der Waals surface area contributed by atoms with Gasteiger partial charge in [-0.15, -0.1) is 11.8 Å². The Balaban J connectivity index is 2.19. The van der Waals surface area contributed by atoms with Crippen molar-refractivity contribution in [3.63, 3.8) is 0 Å². The number of hydrogen-bond donors (Lipinski definition) is 1. The quantitative estimate of drug-likeness (QED) is 0.632. The molecule has 0 amide bonds. The topological polar surface area (TPSA) is 43.8 Å². The third kappa shape index (κ3) is 2.92. The molecule has 3 nitrogen and oxygen atoms in total. The summed E-state index contributed by atoms with van der Waals surface area (Å²) in [4.78, 5) is 1.08. The standard InChI is InChI=1S/C12H13Br2N3S/c1-7-12(14)10(17(2)16-7)6-18-11-5-8(13)3-4-9(11)15/h3-5H,6,15H2,1-2H3. The predicted molar refractivity (Wildman–Crippen MR) is 83.8 cm³/mol. The van der Waals surface area contributed by atoms with Crippen LogP contribution in [0.3, 0.4) is 0 Å². The maximum atomic E-state index is 5.96. The zero-order chi connectivity index (χ0) is 13.3. The second-order valence-electron chi connectivity index (χ2n) is 3.94. The zero-order valence-corrected chi connectivity index (χ0v) is 14.1. The fourth-order valence-corrected chi connectivity index (χ4v) is 3.86. The van der Waals surface area contributed by atoms with Gasteiger partial charge in [0.25, 0.3) is 0 Å². The highest BCUT2D eigenvalue weighted by atomic mass is 79.9. The number of nitrogens with zero attached hydrogens (tertiary/aromatic N) is 2. The van der Waals surface area contributed by atoms with Crippen LogP contribution in [0, 0.1) is 6.92 Å². The van der Waals surface area contributed by atoms with E-state index in [4.69, 9.17) is 5.73 Å². The number of nitrogens with two attached hydrogens (primary N) is 1. The molecule has 2 N–H and O–H groups in total. The summed E-state index contributed by atoms with van der Waals surface area (Å²) in [7, 11) is 1.96. The molecular weight excluding hydrogens is 378 g/mol. The Hall–Kier alpha value is -0.460. The van der Waals surface area contributed by atoms with Crippen LogP contribution in [-0.2, 0) is 12.8 Å². The Bertz CT molecular complexity index is 581. The maximum Gasteiger partial charge on any atom is 0.0738 e. The fourth-order valence-electron chi connectivity index (χ4n) is 1.62. The van der Waals surface area contributed by atoms with E-state index in [1.807, 2.05) is 36.9 Å². The van der Waals surface area contributed by atoms with Gasteiger partial charge in [-0.05, 0) is 41.1 Å². The molecule has 0 saturated carbocycles. The highest BCUT2D eigenvalue weighted by Gasteiger charge is 2.11. The Morgan fingerprint density at radius 2 is 2.11 bits per heavy atom. The van der Waals surface area contributed by atoms with Crippen LogP contribution in [0.5, 0.6) is 0 Å². The lowest BCUT2D eigenvalue weighted by atomic mass is 10.3. The molecule has 1 aromatic carbocycles. The minimum absolute atomic E-state index is 0.804. The van der Waals surface area contributed by atoms with Crippen molar-refractivity contribution in [2.45, 2.75) is 17.6 Å². The first-order valence-corrected chi connectivity index (χ1v) is 7.92. The number of aromatic nitrogens is 2. The molecule has 0 saturated heterocycles. The van der Waals surface area contributed by atoms with Crippen molar-refractivity contribution in [1.82, 2.24) is 9.78 Å². The van der Waals surface area contributed by atoms with Gasteiger partial charge < -0.3 is 5.73 Å². The van der Waals surface area contributed by atoms with Crippen molar-refractivity contribution in [2.24, 2.45) is 7.05 Å². The number of halogens is 2. The minimum Gasteiger partial charge on any atom is -0.398 e. The molecule has 6 heteroatoms. The number of rotatable bonds is 3. The lowest BCUT2D eigenvalue weighted by Crippen LogP contribution is -1.97. The molecular formula is C12H13Br2N3S. The Labute approximate surface area is 127 Å². The van der Waals surface area contributed by atoms with Gasteiger partial charge in [0.15, 0.2) is 0 Å². The Morgan fingerprint density at radius 3 is 2.72 bits per heavy atom. The summed E-state index contributed by atoms with van der Waals surface area (Å²) in [6.07, 6.45) is 0. The van der Waals surface area contributed by atoms with Crippen LogP contribution >= 0.6 is 43.6 Å². The molecule has 96 valence electrons. The molecule has 18 heavy (non-hydrogen) atoms. The Kier molecular flexibility index (Phi) is 4.40. The van der Waals surface area contributed by atoms with Crippen LogP contribution in [0.25, 0.3) is 0 Å². The summed E-state index contributed by atoms with van der Waals surface area (Å²) >= 11 is 8.74. The molecule has 1 heterocycles. The van der Waals surface area contributed by atoms with Gasteiger partial charge in [0.05, 0.1) is 15.9 Å². The van der Waals surface area contributed by atoms with Crippen LogP contribution in [0.4, 0.5) is 5.69 Å². The van der Waals surface area contributed by atoms with E-state index < -0.39 is 0 Å². The minimum atomic E-state index is 0.804. The molecule has 0 fully saturated rings. The van der Waals surface area contributed by atoms with E-state index in [1.54, 1.807) is 11.8 Å². The molecule has 0 aliphatic heterocycles. The summed E-state index contributed by atoms with van der Waals surface area (Å²) in [5.74, 6) is 0.832. The summed E-state index contributed by atoms with van der Waals surface area (Å²) < 4.78 is 4.02. The van der Waals surface area contributed by atoms with E-state index >= 15 is 0 Å². The number of benzene rings is 1. The molecule has 0 spiro atoms.